The number of hydrogen-bond donors (Lipinski definition) is 0. The van der Waals surface area contributed by atoms with Crippen molar-refractivity contribution in [3.8, 4) is 0 Å². The molecule has 2 aromatic carbocycles. The zero-order valence-electron chi connectivity index (χ0n) is 12.6. The van der Waals surface area contributed by atoms with E-state index < -0.39 is 4.92 Å². The topological polar surface area (TPSA) is 81.8 Å². The highest BCUT2D eigenvalue weighted by Gasteiger charge is 2.06. The molecule has 6 heteroatoms. The van der Waals surface area contributed by atoms with Crippen molar-refractivity contribution in [1.29, 1.82) is 0 Å². The van der Waals surface area contributed by atoms with Gasteiger partial charge in [0.25, 0.3) is 5.69 Å². The van der Waals surface area contributed by atoms with Crippen molar-refractivity contribution in [2.75, 3.05) is 6.61 Å². The van der Waals surface area contributed by atoms with Crippen molar-refractivity contribution >= 4 is 23.6 Å². The highest BCUT2D eigenvalue weighted by atomic mass is 16.6. The number of nitrogens with zero attached hydrogens (tertiary/aromatic N) is 2. The molecule has 0 saturated heterocycles. The number of non-ortho nitro benzene ring substituents is 1. The summed E-state index contributed by atoms with van der Waals surface area (Å²) in [7, 11) is 0. The van der Waals surface area contributed by atoms with Crippen LogP contribution in [0.25, 0.3) is 0 Å². The number of nitro groups is 1. The van der Waals surface area contributed by atoms with Crippen LogP contribution >= 0.6 is 0 Å². The lowest BCUT2D eigenvalue weighted by molar-refractivity contribution is -0.384. The Morgan fingerprint density at radius 2 is 2.00 bits per heavy atom. The first-order valence-electron chi connectivity index (χ1n) is 7.16. The van der Waals surface area contributed by atoms with E-state index in [9.17, 15) is 14.9 Å². The zero-order chi connectivity index (χ0) is 16.7. The van der Waals surface area contributed by atoms with Crippen LogP contribution < -0.4 is 0 Å². The molecule has 0 N–H and O–H groups in total. The highest BCUT2D eigenvalue weighted by molar-refractivity contribution is 5.90. The number of aliphatic imine (C=N–C) groups is 1. The molecule has 0 amide bonds. The van der Waals surface area contributed by atoms with E-state index >= 15 is 0 Å². The molecule has 2 aromatic rings. The number of hydrogen-bond acceptors (Lipinski definition) is 5. The molecule has 0 bridgehead atoms. The molecule has 0 aliphatic heterocycles. The van der Waals surface area contributed by atoms with Crippen molar-refractivity contribution in [2.45, 2.75) is 13.3 Å². The van der Waals surface area contributed by atoms with Crippen LogP contribution in [-0.2, 0) is 4.74 Å². The SMILES string of the molecule is CCCOC(=O)c1ccc(N=Cc2cccc([N+](=O)[O-])c2)cc1. The Labute approximate surface area is 133 Å². The maximum atomic E-state index is 11.7. The normalized spacial score (nSPS) is 10.7. The van der Waals surface area contributed by atoms with E-state index in [2.05, 4.69) is 4.99 Å². The van der Waals surface area contributed by atoms with Crippen LogP contribution in [0.15, 0.2) is 53.5 Å². The third kappa shape index (κ3) is 4.74. The molecule has 0 aliphatic rings. The fraction of sp³-hybridized carbons (Fsp3) is 0.176. The molecule has 0 fully saturated rings. The summed E-state index contributed by atoms with van der Waals surface area (Å²) >= 11 is 0. The molecule has 0 spiro atoms. The van der Waals surface area contributed by atoms with Gasteiger partial charge in [-0.25, -0.2) is 4.79 Å². The minimum atomic E-state index is -0.450. The van der Waals surface area contributed by atoms with Crippen molar-refractivity contribution in [1.82, 2.24) is 0 Å². The van der Waals surface area contributed by atoms with Gasteiger partial charge in [0.1, 0.15) is 0 Å². The van der Waals surface area contributed by atoms with Gasteiger partial charge in [0, 0.05) is 18.3 Å². The average molecular weight is 312 g/mol. The number of ether oxygens (including phenoxy) is 1. The van der Waals surface area contributed by atoms with Gasteiger partial charge >= 0.3 is 5.97 Å². The summed E-state index contributed by atoms with van der Waals surface area (Å²) in [4.78, 5) is 26.2. The molecule has 2 rings (SSSR count). The predicted octanol–water partition coefficient (Wildman–Crippen LogP) is 3.91. The smallest absolute Gasteiger partial charge is 0.338 e. The molecule has 118 valence electrons. The maximum absolute atomic E-state index is 11.7. The standard InChI is InChI=1S/C17H16N2O4/c1-2-10-23-17(20)14-6-8-15(9-7-14)18-12-13-4-3-5-16(11-13)19(21)22/h3-9,11-12H,2,10H2,1H3. The van der Waals surface area contributed by atoms with E-state index in [1.807, 2.05) is 6.92 Å². The number of benzene rings is 2. The van der Waals surface area contributed by atoms with Gasteiger partial charge in [-0.3, -0.25) is 15.1 Å². The van der Waals surface area contributed by atoms with E-state index in [0.717, 1.165) is 6.42 Å². The third-order valence-corrected chi connectivity index (χ3v) is 2.98. The van der Waals surface area contributed by atoms with Gasteiger partial charge in [-0.1, -0.05) is 19.1 Å². The molecule has 6 nitrogen and oxygen atoms in total. The molecule has 0 atom stereocenters. The number of rotatable bonds is 6. The molecular formula is C17H16N2O4. The monoisotopic (exact) mass is 312 g/mol. The number of carbonyl (C=O) groups is 1. The van der Waals surface area contributed by atoms with Crippen LogP contribution in [-0.4, -0.2) is 23.7 Å². The van der Waals surface area contributed by atoms with E-state index in [-0.39, 0.29) is 11.7 Å². The molecular weight excluding hydrogens is 296 g/mol. The lowest BCUT2D eigenvalue weighted by Gasteiger charge is -2.02. The van der Waals surface area contributed by atoms with E-state index in [4.69, 9.17) is 4.74 Å². The summed E-state index contributed by atoms with van der Waals surface area (Å²) in [5.41, 5.74) is 1.75. The van der Waals surface area contributed by atoms with Crippen LogP contribution in [0, 0.1) is 10.1 Å². The van der Waals surface area contributed by atoms with Crippen LogP contribution in [0.3, 0.4) is 0 Å². The number of carbonyl (C=O) groups excluding carboxylic acids is 1. The Hall–Kier alpha value is -3.02. The fourth-order valence-corrected chi connectivity index (χ4v) is 1.83. The number of nitro benzene ring substituents is 1. The second-order valence-corrected chi connectivity index (χ2v) is 4.79. The minimum Gasteiger partial charge on any atom is -0.462 e. The largest absolute Gasteiger partial charge is 0.462 e. The van der Waals surface area contributed by atoms with E-state index in [0.29, 0.717) is 23.4 Å². The van der Waals surface area contributed by atoms with Gasteiger partial charge < -0.3 is 4.74 Å². The van der Waals surface area contributed by atoms with Gasteiger partial charge in [-0.15, -0.1) is 0 Å². The van der Waals surface area contributed by atoms with Crippen molar-refractivity contribution in [3.63, 3.8) is 0 Å². The Balaban J connectivity index is 2.07. The first kappa shape index (κ1) is 16.4. The molecule has 0 saturated carbocycles. The maximum Gasteiger partial charge on any atom is 0.338 e. The fourth-order valence-electron chi connectivity index (χ4n) is 1.83. The summed E-state index contributed by atoms with van der Waals surface area (Å²) in [6, 6.07) is 12.9. The van der Waals surface area contributed by atoms with Gasteiger partial charge in [-0.2, -0.15) is 0 Å². The first-order chi connectivity index (χ1) is 11.1. The van der Waals surface area contributed by atoms with E-state index in [1.165, 1.54) is 18.3 Å². The Morgan fingerprint density at radius 3 is 2.65 bits per heavy atom. The molecule has 0 aliphatic carbocycles. The summed E-state index contributed by atoms with van der Waals surface area (Å²) in [6.07, 6.45) is 2.31. The lowest BCUT2D eigenvalue weighted by Crippen LogP contribution is -2.05. The summed E-state index contributed by atoms with van der Waals surface area (Å²) in [5.74, 6) is -0.360. The minimum absolute atomic E-state index is 0.0166. The zero-order valence-corrected chi connectivity index (χ0v) is 12.6. The molecule has 0 heterocycles. The first-order valence-corrected chi connectivity index (χ1v) is 7.16. The Morgan fingerprint density at radius 1 is 1.26 bits per heavy atom. The molecule has 0 radical (unpaired) electrons. The number of esters is 1. The van der Waals surface area contributed by atoms with Gasteiger partial charge in [-0.05, 0) is 36.2 Å². The van der Waals surface area contributed by atoms with Crippen molar-refractivity contribution in [3.05, 3.63) is 69.8 Å². The average Bonchev–Trinajstić information content (AvgIpc) is 2.58. The van der Waals surface area contributed by atoms with Gasteiger partial charge in [0.15, 0.2) is 0 Å². The van der Waals surface area contributed by atoms with Crippen molar-refractivity contribution in [2.24, 2.45) is 4.99 Å². The van der Waals surface area contributed by atoms with Crippen LogP contribution in [0.5, 0.6) is 0 Å². The highest BCUT2D eigenvalue weighted by Crippen LogP contribution is 2.16. The predicted molar refractivity (Wildman–Crippen MR) is 87.4 cm³/mol. The Bertz CT molecular complexity index is 724. The van der Waals surface area contributed by atoms with Crippen LogP contribution in [0.2, 0.25) is 0 Å². The second kappa shape index (κ2) is 7.84. The Kier molecular flexibility index (Phi) is 5.57. The summed E-state index contributed by atoms with van der Waals surface area (Å²) in [5, 5.41) is 10.7. The van der Waals surface area contributed by atoms with Crippen LogP contribution in [0.1, 0.15) is 29.3 Å². The van der Waals surface area contributed by atoms with Crippen molar-refractivity contribution < 1.29 is 14.5 Å². The third-order valence-electron chi connectivity index (χ3n) is 2.98. The molecule has 0 unspecified atom stereocenters. The quantitative estimate of drug-likeness (QED) is 0.350. The molecule has 23 heavy (non-hydrogen) atoms. The molecule has 0 aromatic heterocycles. The summed E-state index contributed by atoms with van der Waals surface area (Å²) < 4.78 is 5.04. The van der Waals surface area contributed by atoms with Gasteiger partial charge in [0.2, 0.25) is 0 Å². The van der Waals surface area contributed by atoms with E-state index in [1.54, 1.807) is 36.4 Å². The van der Waals surface area contributed by atoms with Crippen LogP contribution in [0.4, 0.5) is 11.4 Å². The summed E-state index contributed by atoms with van der Waals surface area (Å²) in [6.45, 7) is 2.32. The lowest BCUT2D eigenvalue weighted by atomic mass is 10.2. The second-order valence-electron chi connectivity index (χ2n) is 4.79. The van der Waals surface area contributed by atoms with Gasteiger partial charge in [0.05, 0.1) is 22.8 Å².